The zero-order chi connectivity index (χ0) is 11.4. The Morgan fingerprint density at radius 3 is 2.87 bits per heavy atom. The minimum Gasteiger partial charge on any atom is -0.365 e. The molecular formula is C9H15ClN4O. The first kappa shape index (κ1) is 12.0. The molecule has 0 fully saturated rings. The van der Waals surface area contributed by atoms with Gasteiger partial charge in [0.15, 0.2) is 0 Å². The first-order valence-electron chi connectivity index (χ1n) is 4.77. The Labute approximate surface area is 93.2 Å². The Kier molecular flexibility index (Phi) is 4.11. The SMILES string of the molecule is CC(C)N(CCN)c1cn[nH]c(=O)c1Cl. The summed E-state index contributed by atoms with van der Waals surface area (Å²) in [6, 6.07) is 0.217. The Morgan fingerprint density at radius 1 is 1.67 bits per heavy atom. The molecule has 0 aliphatic rings. The van der Waals surface area contributed by atoms with Gasteiger partial charge < -0.3 is 10.6 Å². The molecule has 0 spiro atoms. The van der Waals surface area contributed by atoms with E-state index in [9.17, 15) is 4.79 Å². The number of nitrogens with one attached hydrogen (secondary N) is 1. The van der Waals surface area contributed by atoms with Crippen molar-refractivity contribution in [2.45, 2.75) is 19.9 Å². The lowest BCUT2D eigenvalue weighted by Gasteiger charge is -2.28. The molecule has 1 aromatic rings. The zero-order valence-electron chi connectivity index (χ0n) is 8.83. The number of halogens is 1. The maximum absolute atomic E-state index is 11.3. The highest BCUT2D eigenvalue weighted by atomic mass is 35.5. The molecule has 0 aromatic carbocycles. The second kappa shape index (κ2) is 5.14. The fourth-order valence-corrected chi connectivity index (χ4v) is 1.57. The van der Waals surface area contributed by atoms with E-state index >= 15 is 0 Å². The van der Waals surface area contributed by atoms with Crippen molar-refractivity contribution in [3.05, 3.63) is 21.6 Å². The van der Waals surface area contributed by atoms with Crippen molar-refractivity contribution in [2.75, 3.05) is 18.0 Å². The standard InChI is InChI=1S/C9H15ClN4O/c1-6(2)14(4-3-11)7-5-12-13-9(15)8(7)10/h5-6H,3-4,11H2,1-2H3,(H,13,15). The molecule has 15 heavy (non-hydrogen) atoms. The summed E-state index contributed by atoms with van der Waals surface area (Å²) < 4.78 is 0. The summed E-state index contributed by atoms with van der Waals surface area (Å²) >= 11 is 5.90. The van der Waals surface area contributed by atoms with Gasteiger partial charge in [-0.05, 0) is 13.8 Å². The van der Waals surface area contributed by atoms with E-state index in [0.717, 1.165) is 0 Å². The molecule has 1 aromatic heterocycles. The highest BCUT2D eigenvalue weighted by molar-refractivity contribution is 6.33. The predicted octanol–water partition coefficient (Wildman–Crippen LogP) is 0.597. The van der Waals surface area contributed by atoms with E-state index in [0.29, 0.717) is 18.8 Å². The molecule has 6 heteroatoms. The monoisotopic (exact) mass is 230 g/mol. The lowest BCUT2D eigenvalue weighted by molar-refractivity contribution is 0.680. The minimum absolute atomic E-state index is 0.159. The number of H-pyrrole nitrogens is 1. The number of hydrogen-bond donors (Lipinski definition) is 2. The summed E-state index contributed by atoms with van der Waals surface area (Å²) in [6.45, 7) is 5.16. The van der Waals surface area contributed by atoms with Crippen LogP contribution in [-0.4, -0.2) is 29.3 Å². The quantitative estimate of drug-likeness (QED) is 0.794. The van der Waals surface area contributed by atoms with Crippen molar-refractivity contribution >= 4 is 17.3 Å². The van der Waals surface area contributed by atoms with Crippen molar-refractivity contribution in [1.29, 1.82) is 0 Å². The molecule has 0 saturated heterocycles. The van der Waals surface area contributed by atoms with Crippen LogP contribution >= 0.6 is 11.6 Å². The molecule has 1 heterocycles. The van der Waals surface area contributed by atoms with Gasteiger partial charge in [0.1, 0.15) is 5.02 Å². The van der Waals surface area contributed by atoms with Gasteiger partial charge in [0.05, 0.1) is 11.9 Å². The summed E-state index contributed by atoms with van der Waals surface area (Å²) in [5, 5.41) is 6.17. The number of anilines is 1. The van der Waals surface area contributed by atoms with Gasteiger partial charge in [-0.15, -0.1) is 0 Å². The minimum atomic E-state index is -0.378. The van der Waals surface area contributed by atoms with E-state index in [2.05, 4.69) is 10.2 Å². The van der Waals surface area contributed by atoms with Crippen LogP contribution in [0.4, 0.5) is 5.69 Å². The average Bonchev–Trinajstić information content (AvgIpc) is 2.19. The molecule has 1 rings (SSSR count). The van der Waals surface area contributed by atoms with Crippen LogP contribution in [0.1, 0.15) is 13.8 Å². The second-order valence-corrected chi connectivity index (χ2v) is 3.85. The van der Waals surface area contributed by atoms with Gasteiger partial charge >= 0.3 is 0 Å². The van der Waals surface area contributed by atoms with Gasteiger partial charge in [0, 0.05) is 19.1 Å². The van der Waals surface area contributed by atoms with Gasteiger partial charge in [-0.1, -0.05) is 11.6 Å². The normalized spacial score (nSPS) is 10.7. The predicted molar refractivity (Wildman–Crippen MR) is 61.4 cm³/mol. The summed E-state index contributed by atoms with van der Waals surface area (Å²) in [7, 11) is 0. The zero-order valence-corrected chi connectivity index (χ0v) is 9.58. The Morgan fingerprint density at radius 2 is 2.33 bits per heavy atom. The molecule has 0 unspecified atom stereocenters. The largest absolute Gasteiger partial charge is 0.365 e. The Hall–Kier alpha value is -1.07. The summed E-state index contributed by atoms with van der Waals surface area (Å²) in [5.41, 5.74) is 5.75. The molecule has 84 valence electrons. The van der Waals surface area contributed by atoms with Gasteiger partial charge in [-0.2, -0.15) is 5.10 Å². The third-order valence-corrected chi connectivity index (χ3v) is 2.45. The molecule has 0 aliphatic heterocycles. The number of aromatic amines is 1. The number of aromatic nitrogens is 2. The first-order chi connectivity index (χ1) is 7.07. The fourth-order valence-electron chi connectivity index (χ4n) is 1.37. The van der Waals surface area contributed by atoms with Crippen LogP contribution in [-0.2, 0) is 0 Å². The van der Waals surface area contributed by atoms with Gasteiger partial charge in [0.25, 0.3) is 5.56 Å². The molecule has 0 bridgehead atoms. The fraction of sp³-hybridized carbons (Fsp3) is 0.556. The van der Waals surface area contributed by atoms with E-state index in [1.807, 2.05) is 18.7 Å². The molecule has 5 nitrogen and oxygen atoms in total. The number of hydrogen-bond acceptors (Lipinski definition) is 4. The average molecular weight is 231 g/mol. The van der Waals surface area contributed by atoms with Crippen LogP contribution in [0.3, 0.4) is 0 Å². The van der Waals surface area contributed by atoms with Crippen LogP contribution in [0.5, 0.6) is 0 Å². The Balaban J connectivity index is 3.11. The van der Waals surface area contributed by atoms with E-state index in [-0.39, 0.29) is 16.6 Å². The molecule has 0 amide bonds. The first-order valence-corrected chi connectivity index (χ1v) is 5.15. The van der Waals surface area contributed by atoms with E-state index in [1.165, 1.54) is 0 Å². The van der Waals surface area contributed by atoms with Crippen molar-refractivity contribution in [2.24, 2.45) is 5.73 Å². The van der Waals surface area contributed by atoms with Crippen LogP contribution in [0.25, 0.3) is 0 Å². The van der Waals surface area contributed by atoms with Crippen LogP contribution in [0.2, 0.25) is 5.02 Å². The lowest BCUT2D eigenvalue weighted by Crippen LogP contribution is -2.36. The van der Waals surface area contributed by atoms with E-state index < -0.39 is 0 Å². The van der Waals surface area contributed by atoms with Gasteiger partial charge in [0.2, 0.25) is 0 Å². The molecular weight excluding hydrogens is 216 g/mol. The second-order valence-electron chi connectivity index (χ2n) is 3.47. The summed E-state index contributed by atoms with van der Waals surface area (Å²) in [4.78, 5) is 13.2. The third kappa shape index (κ3) is 2.70. The highest BCUT2D eigenvalue weighted by Gasteiger charge is 2.15. The smallest absolute Gasteiger partial charge is 0.285 e. The highest BCUT2D eigenvalue weighted by Crippen LogP contribution is 2.21. The Bertz CT molecular complexity index is 377. The molecule has 0 radical (unpaired) electrons. The van der Waals surface area contributed by atoms with Crippen molar-refractivity contribution in [3.8, 4) is 0 Å². The molecule has 0 aliphatic carbocycles. The van der Waals surface area contributed by atoms with Crippen molar-refractivity contribution < 1.29 is 0 Å². The van der Waals surface area contributed by atoms with Crippen LogP contribution < -0.4 is 16.2 Å². The number of nitrogens with zero attached hydrogens (tertiary/aromatic N) is 2. The topological polar surface area (TPSA) is 75.0 Å². The van der Waals surface area contributed by atoms with Crippen molar-refractivity contribution in [3.63, 3.8) is 0 Å². The lowest BCUT2D eigenvalue weighted by atomic mass is 10.3. The summed E-state index contributed by atoms with van der Waals surface area (Å²) in [6.07, 6.45) is 1.54. The third-order valence-electron chi connectivity index (χ3n) is 2.08. The maximum Gasteiger partial charge on any atom is 0.285 e. The molecule has 0 atom stereocenters. The maximum atomic E-state index is 11.3. The molecule has 3 N–H and O–H groups in total. The number of nitrogens with two attached hydrogens (primary N) is 1. The summed E-state index contributed by atoms with van der Waals surface area (Å²) in [5.74, 6) is 0. The van der Waals surface area contributed by atoms with Gasteiger partial charge in [-0.25, -0.2) is 5.10 Å². The molecule has 0 saturated carbocycles. The van der Waals surface area contributed by atoms with E-state index in [1.54, 1.807) is 6.20 Å². The van der Waals surface area contributed by atoms with Crippen LogP contribution in [0.15, 0.2) is 11.0 Å². The van der Waals surface area contributed by atoms with Gasteiger partial charge in [-0.3, -0.25) is 4.79 Å². The van der Waals surface area contributed by atoms with E-state index in [4.69, 9.17) is 17.3 Å². The number of rotatable bonds is 4. The van der Waals surface area contributed by atoms with Crippen molar-refractivity contribution in [1.82, 2.24) is 10.2 Å². The van der Waals surface area contributed by atoms with Crippen LogP contribution in [0, 0.1) is 0 Å².